The molecule has 0 spiro atoms. The molecule has 0 saturated carbocycles. The zero-order valence-corrected chi connectivity index (χ0v) is 11.9. The molecule has 19 heavy (non-hydrogen) atoms. The molecule has 0 saturated heterocycles. The summed E-state index contributed by atoms with van der Waals surface area (Å²) < 4.78 is 2.12. The van der Waals surface area contributed by atoms with Crippen molar-refractivity contribution in [2.24, 2.45) is 5.84 Å². The lowest BCUT2D eigenvalue weighted by molar-refractivity contribution is 0.496. The third-order valence-corrected chi connectivity index (χ3v) is 3.32. The molecule has 4 nitrogen and oxygen atoms in total. The van der Waals surface area contributed by atoms with Crippen LogP contribution in [0.1, 0.15) is 35.5 Å². The summed E-state index contributed by atoms with van der Waals surface area (Å²) in [5.41, 5.74) is 6.73. The van der Waals surface area contributed by atoms with Crippen LogP contribution < -0.4 is 11.3 Å². The van der Waals surface area contributed by atoms with Gasteiger partial charge >= 0.3 is 0 Å². The lowest BCUT2D eigenvalue weighted by atomic mass is 10.0. The molecule has 0 fully saturated rings. The quantitative estimate of drug-likeness (QED) is 0.639. The Balaban J connectivity index is 2.24. The van der Waals surface area contributed by atoms with Gasteiger partial charge in [0.05, 0.1) is 6.04 Å². The first-order valence-electron chi connectivity index (χ1n) is 6.68. The molecule has 0 bridgehead atoms. The van der Waals surface area contributed by atoms with Gasteiger partial charge in [-0.25, -0.2) is 10.4 Å². The van der Waals surface area contributed by atoms with Crippen LogP contribution in [0.5, 0.6) is 0 Å². The van der Waals surface area contributed by atoms with Crippen molar-refractivity contribution in [2.75, 3.05) is 0 Å². The van der Waals surface area contributed by atoms with Crippen molar-refractivity contribution < 1.29 is 0 Å². The minimum Gasteiger partial charge on any atom is -0.334 e. The number of nitrogens with two attached hydrogens (primary N) is 1. The summed E-state index contributed by atoms with van der Waals surface area (Å²) in [7, 11) is 0. The molecule has 2 rings (SSSR count). The first-order chi connectivity index (χ1) is 9.13. The van der Waals surface area contributed by atoms with E-state index < -0.39 is 0 Å². The fourth-order valence-corrected chi connectivity index (χ4v) is 2.55. The number of imidazole rings is 1. The fraction of sp³-hybridized carbons (Fsp3) is 0.400. The van der Waals surface area contributed by atoms with Crippen LogP contribution in [0.25, 0.3) is 0 Å². The number of nitrogens with one attached hydrogen (secondary N) is 1. The Morgan fingerprint density at radius 3 is 2.53 bits per heavy atom. The second-order valence-corrected chi connectivity index (χ2v) is 4.99. The molecule has 2 aromatic rings. The van der Waals surface area contributed by atoms with Crippen molar-refractivity contribution >= 4 is 0 Å². The standard InChI is InChI=1S/C15H22N4/c1-4-19-6-5-17-15(19)14(18-16)10-13-8-11(2)7-12(3)9-13/h5-9,14,18H,4,10,16H2,1-3H3. The van der Waals surface area contributed by atoms with Crippen LogP contribution >= 0.6 is 0 Å². The Hall–Kier alpha value is -1.65. The second kappa shape index (κ2) is 5.99. The van der Waals surface area contributed by atoms with Gasteiger partial charge in [0.2, 0.25) is 0 Å². The van der Waals surface area contributed by atoms with Gasteiger partial charge in [0.1, 0.15) is 5.82 Å². The van der Waals surface area contributed by atoms with Crippen LogP contribution in [0.2, 0.25) is 0 Å². The topological polar surface area (TPSA) is 55.9 Å². The molecular formula is C15H22N4. The van der Waals surface area contributed by atoms with Gasteiger partial charge in [0.15, 0.2) is 0 Å². The molecule has 1 atom stereocenters. The number of benzene rings is 1. The summed E-state index contributed by atoms with van der Waals surface area (Å²) in [6.07, 6.45) is 4.65. The Labute approximate surface area is 114 Å². The van der Waals surface area contributed by atoms with E-state index in [1.54, 1.807) is 0 Å². The van der Waals surface area contributed by atoms with Gasteiger partial charge in [0.25, 0.3) is 0 Å². The van der Waals surface area contributed by atoms with Gasteiger partial charge in [-0.2, -0.15) is 0 Å². The Morgan fingerprint density at radius 2 is 1.95 bits per heavy atom. The summed E-state index contributed by atoms with van der Waals surface area (Å²) in [4.78, 5) is 4.42. The molecule has 0 aliphatic carbocycles. The molecule has 0 aliphatic heterocycles. The highest BCUT2D eigenvalue weighted by Gasteiger charge is 2.15. The monoisotopic (exact) mass is 258 g/mol. The van der Waals surface area contributed by atoms with Crippen LogP contribution in [0.3, 0.4) is 0 Å². The number of hydrogen-bond donors (Lipinski definition) is 2. The number of nitrogens with zero attached hydrogens (tertiary/aromatic N) is 2. The third kappa shape index (κ3) is 3.22. The smallest absolute Gasteiger partial charge is 0.127 e. The zero-order valence-electron chi connectivity index (χ0n) is 11.9. The van der Waals surface area contributed by atoms with Crippen LogP contribution in [-0.4, -0.2) is 9.55 Å². The highest BCUT2D eigenvalue weighted by atomic mass is 15.3. The lowest BCUT2D eigenvalue weighted by Crippen LogP contribution is -2.31. The number of hydrogen-bond acceptors (Lipinski definition) is 3. The number of aryl methyl sites for hydroxylation is 3. The summed E-state index contributed by atoms with van der Waals surface area (Å²) in [5, 5.41) is 0. The van der Waals surface area contributed by atoms with E-state index >= 15 is 0 Å². The molecule has 1 unspecified atom stereocenters. The first-order valence-corrected chi connectivity index (χ1v) is 6.68. The third-order valence-electron chi connectivity index (χ3n) is 3.32. The first kappa shape index (κ1) is 13.8. The molecule has 4 heteroatoms. The maximum atomic E-state index is 5.71. The largest absolute Gasteiger partial charge is 0.334 e. The molecule has 0 radical (unpaired) electrons. The Morgan fingerprint density at radius 1 is 1.26 bits per heavy atom. The molecule has 1 aromatic carbocycles. The van der Waals surface area contributed by atoms with Crippen LogP contribution in [0.15, 0.2) is 30.6 Å². The van der Waals surface area contributed by atoms with Crippen molar-refractivity contribution in [3.63, 3.8) is 0 Å². The fourth-order valence-electron chi connectivity index (χ4n) is 2.55. The minimum atomic E-state index is 0.0381. The number of aromatic nitrogens is 2. The summed E-state index contributed by atoms with van der Waals surface area (Å²) in [5.74, 6) is 6.70. The van der Waals surface area contributed by atoms with E-state index in [-0.39, 0.29) is 6.04 Å². The minimum absolute atomic E-state index is 0.0381. The van der Waals surface area contributed by atoms with Gasteiger partial charge in [0, 0.05) is 18.9 Å². The highest BCUT2D eigenvalue weighted by Crippen LogP contribution is 2.18. The summed E-state index contributed by atoms with van der Waals surface area (Å²) >= 11 is 0. The molecule has 1 heterocycles. The summed E-state index contributed by atoms with van der Waals surface area (Å²) in [6, 6.07) is 6.63. The molecular weight excluding hydrogens is 236 g/mol. The molecule has 1 aromatic heterocycles. The van der Waals surface area contributed by atoms with Gasteiger partial charge in [-0.1, -0.05) is 29.3 Å². The lowest BCUT2D eigenvalue weighted by Gasteiger charge is -2.17. The number of hydrazine groups is 1. The van der Waals surface area contributed by atoms with E-state index in [0.717, 1.165) is 18.8 Å². The van der Waals surface area contributed by atoms with Crippen LogP contribution in [0, 0.1) is 13.8 Å². The van der Waals surface area contributed by atoms with Crippen molar-refractivity contribution in [2.45, 2.75) is 39.8 Å². The van der Waals surface area contributed by atoms with Crippen molar-refractivity contribution in [1.82, 2.24) is 15.0 Å². The average Bonchev–Trinajstić information content (AvgIpc) is 2.82. The van der Waals surface area contributed by atoms with Crippen molar-refractivity contribution in [1.29, 1.82) is 0 Å². The SMILES string of the molecule is CCn1ccnc1C(Cc1cc(C)cc(C)c1)NN. The van der Waals surface area contributed by atoms with E-state index in [4.69, 9.17) is 5.84 Å². The van der Waals surface area contributed by atoms with E-state index in [1.807, 2.05) is 12.4 Å². The predicted octanol–water partition coefficient (Wildman–Crippen LogP) is 2.27. The zero-order chi connectivity index (χ0) is 13.8. The van der Waals surface area contributed by atoms with Gasteiger partial charge in [-0.3, -0.25) is 5.84 Å². The summed E-state index contributed by atoms with van der Waals surface area (Å²) in [6.45, 7) is 7.25. The Bertz CT molecular complexity index is 525. The maximum Gasteiger partial charge on any atom is 0.127 e. The average molecular weight is 258 g/mol. The predicted molar refractivity (Wildman–Crippen MR) is 77.6 cm³/mol. The van der Waals surface area contributed by atoms with Gasteiger partial charge in [-0.05, 0) is 32.8 Å². The molecule has 102 valence electrons. The molecule has 3 N–H and O–H groups in total. The van der Waals surface area contributed by atoms with Crippen molar-refractivity contribution in [3.8, 4) is 0 Å². The van der Waals surface area contributed by atoms with Gasteiger partial charge < -0.3 is 4.57 Å². The Kier molecular flexibility index (Phi) is 4.35. The van der Waals surface area contributed by atoms with Crippen LogP contribution in [-0.2, 0) is 13.0 Å². The molecule has 0 amide bonds. The molecule has 0 aliphatic rings. The van der Waals surface area contributed by atoms with E-state index in [0.29, 0.717) is 0 Å². The van der Waals surface area contributed by atoms with E-state index in [1.165, 1.54) is 16.7 Å². The highest BCUT2D eigenvalue weighted by molar-refractivity contribution is 5.29. The van der Waals surface area contributed by atoms with Crippen molar-refractivity contribution in [3.05, 3.63) is 53.1 Å². The normalized spacial score (nSPS) is 12.6. The number of rotatable bonds is 5. The van der Waals surface area contributed by atoms with E-state index in [9.17, 15) is 0 Å². The van der Waals surface area contributed by atoms with Crippen LogP contribution in [0.4, 0.5) is 0 Å². The van der Waals surface area contributed by atoms with E-state index in [2.05, 4.69) is 53.9 Å². The second-order valence-electron chi connectivity index (χ2n) is 4.99. The van der Waals surface area contributed by atoms with Gasteiger partial charge in [-0.15, -0.1) is 0 Å². The maximum absolute atomic E-state index is 5.71.